The lowest BCUT2D eigenvalue weighted by molar-refractivity contribution is 0.209. The van der Waals surface area contributed by atoms with Crippen LogP contribution < -0.4 is 15.5 Å². The maximum Gasteiger partial charge on any atom is 0.192 e. The summed E-state index contributed by atoms with van der Waals surface area (Å²) in [7, 11) is 1.37. The van der Waals surface area contributed by atoms with E-state index in [2.05, 4.69) is 15.2 Å². The van der Waals surface area contributed by atoms with Gasteiger partial charge in [-0.1, -0.05) is 12.1 Å². The highest BCUT2D eigenvalue weighted by Crippen LogP contribution is 2.39. The van der Waals surface area contributed by atoms with Crippen LogP contribution in [0.2, 0.25) is 0 Å². The second kappa shape index (κ2) is 10.3. The van der Waals surface area contributed by atoms with Crippen molar-refractivity contribution < 1.29 is 13.5 Å². The molecule has 0 aliphatic carbocycles. The van der Waals surface area contributed by atoms with Gasteiger partial charge in [0.05, 0.1) is 23.9 Å². The third kappa shape index (κ3) is 4.57. The summed E-state index contributed by atoms with van der Waals surface area (Å²) in [6.45, 7) is 2.88. The number of rotatable bonds is 6. The normalized spacial score (nSPS) is 16.2. The van der Waals surface area contributed by atoms with E-state index in [1.54, 1.807) is 12.1 Å². The predicted molar refractivity (Wildman–Crippen MR) is 138 cm³/mol. The van der Waals surface area contributed by atoms with Crippen molar-refractivity contribution in [3.8, 4) is 34.2 Å². The monoisotopic (exact) mass is 512 g/mol. The molecule has 0 radical (unpaired) electrons. The van der Waals surface area contributed by atoms with Gasteiger partial charge in [0.15, 0.2) is 17.0 Å². The molecule has 0 spiro atoms. The van der Waals surface area contributed by atoms with E-state index in [0.717, 1.165) is 38.8 Å². The van der Waals surface area contributed by atoms with Gasteiger partial charge in [-0.25, -0.2) is 8.78 Å². The van der Waals surface area contributed by atoms with E-state index >= 15 is 0 Å². The van der Waals surface area contributed by atoms with E-state index in [1.165, 1.54) is 37.4 Å². The zero-order valence-corrected chi connectivity index (χ0v) is 20.7. The number of nitrogens with zero attached hydrogens (tertiary/aromatic N) is 2. The van der Waals surface area contributed by atoms with E-state index in [4.69, 9.17) is 10.00 Å². The molecule has 1 aromatic heterocycles. The Hall–Kier alpha value is -3.41. The first-order valence-corrected chi connectivity index (χ1v) is 11.7. The zero-order chi connectivity index (χ0) is 24.6. The number of anilines is 1. The highest BCUT2D eigenvalue weighted by molar-refractivity contribution is 5.85. The van der Waals surface area contributed by atoms with Crippen molar-refractivity contribution in [2.45, 2.75) is 31.2 Å². The van der Waals surface area contributed by atoms with Crippen LogP contribution >= 0.6 is 12.4 Å². The third-order valence-corrected chi connectivity index (χ3v) is 7.27. The van der Waals surface area contributed by atoms with Crippen LogP contribution in [0.25, 0.3) is 22.4 Å². The van der Waals surface area contributed by atoms with Crippen LogP contribution in [0.4, 0.5) is 14.6 Å². The number of halogens is 3. The summed E-state index contributed by atoms with van der Waals surface area (Å²) in [5, 5.41) is 12.5. The fourth-order valence-electron chi connectivity index (χ4n) is 5.51. The second-order valence-corrected chi connectivity index (χ2v) is 9.23. The van der Waals surface area contributed by atoms with E-state index in [-0.39, 0.29) is 40.3 Å². The lowest BCUT2D eigenvalue weighted by atomic mass is 9.94. The van der Waals surface area contributed by atoms with Crippen molar-refractivity contribution in [2.75, 3.05) is 32.1 Å². The molecule has 3 aromatic rings. The van der Waals surface area contributed by atoms with Gasteiger partial charge in [-0.05, 0) is 68.6 Å². The Bertz CT molecular complexity index is 1380. The number of ether oxygens (including phenoxy) is 1. The van der Waals surface area contributed by atoms with Crippen molar-refractivity contribution >= 4 is 18.2 Å². The molecule has 0 atom stereocenters. The molecule has 3 heterocycles. The summed E-state index contributed by atoms with van der Waals surface area (Å²) >= 11 is 0. The summed E-state index contributed by atoms with van der Waals surface area (Å²) in [6, 6.07) is 11.7. The first kappa shape index (κ1) is 25.7. The number of H-pyrrole nitrogens is 1. The van der Waals surface area contributed by atoms with Crippen molar-refractivity contribution in [3.05, 3.63) is 69.9 Å². The number of methoxy groups -OCH3 is 1. The molecule has 2 aliphatic heterocycles. The summed E-state index contributed by atoms with van der Waals surface area (Å²) in [6.07, 6.45) is 4.55. The second-order valence-electron chi connectivity index (χ2n) is 9.23. The fraction of sp³-hybridized carbons (Fsp3) is 0.333. The van der Waals surface area contributed by atoms with Crippen LogP contribution in [0.1, 0.15) is 31.2 Å². The Morgan fingerprint density at radius 1 is 1.08 bits per heavy atom. The standard InChI is InChI=1S/C27H26F2N4O2.ClH/c1-35-23-7-6-17(12-21(23)29)25-22(34)14-24(31-16-27-8-2-10-33(27)11-3-9-27)32-26(25)18-4-5-19(15-30)20(28)13-18;/h4-7,12-14H,2-3,8-11,16H2,1H3,(H2,31,32,34);1H. The van der Waals surface area contributed by atoms with Crippen LogP contribution in [-0.2, 0) is 0 Å². The Balaban J connectivity index is 0.00000304. The molecule has 5 rings (SSSR count). The van der Waals surface area contributed by atoms with Gasteiger partial charge in [-0.15, -0.1) is 12.4 Å². The molecular formula is C27H27ClF2N4O2. The number of aromatic amines is 1. The smallest absolute Gasteiger partial charge is 0.192 e. The molecule has 0 unspecified atom stereocenters. The highest BCUT2D eigenvalue weighted by Gasteiger charge is 2.43. The number of nitrogens with one attached hydrogen (secondary N) is 2. The summed E-state index contributed by atoms with van der Waals surface area (Å²) in [5.74, 6) is -0.722. The molecule has 2 N–H and O–H groups in total. The van der Waals surface area contributed by atoms with Gasteiger partial charge in [0.25, 0.3) is 0 Å². The fourth-order valence-corrected chi connectivity index (χ4v) is 5.51. The molecule has 9 heteroatoms. The SMILES string of the molecule is COc1ccc(-c2c(-c3ccc(C#N)c(F)c3)[nH]c(NCC34CCCN3CCC4)cc2=O)cc1F.Cl. The number of hydrogen-bond donors (Lipinski definition) is 2. The molecule has 2 aliphatic rings. The molecular weight excluding hydrogens is 486 g/mol. The van der Waals surface area contributed by atoms with Crippen LogP contribution in [0.3, 0.4) is 0 Å². The van der Waals surface area contributed by atoms with Gasteiger partial charge in [-0.2, -0.15) is 5.26 Å². The van der Waals surface area contributed by atoms with Crippen LogP contribution in [-0.4, -0.2) is 42.2 Å². The minimum Gasteiger partial charge on any atom is -0.494 e. The maximum atomic E-state index is 14.5. The van der Waals surface area contributed by atoms with Crippen LogP contribution in [0, 0.1) is 23.0 Å². The van der Waals surface area contributed by atoms with Gasteiger partial charge in [0.1, 0.15) is 17.7 Å². The molecule has 0 saturated carbocycles. The van der Waals surface area contributed by atoms with Gasteiger partial charge >= 0.3 is 0 Å². The lowest BCUT2D eigenvalue weighted by Crippen LogP contribution is -2.44. The van der Waals surface area contributed by atoms with Crippen LogP contribution in [0.15, 0.2) is 47.3 Å². The highest BCUT2D eigenvalue weighted by atomic mass is 35.5. The molecule has 188 valence electrons. The number of fused-ring (bicyclic) bond motifs is 1. The quantitative estimate of drug-likeness (QED) is 0.466. The Kier molecular flexibility index (Phi) is 7.34. The van der Waals surface area contributed by atoms with Crippen molar-refractivity contribution in [3.63, 3.8) is 0 Å². The minimum atomic E-state index is -0.692. The van der Waals surface area contributed by atoms with Crippen LogP contribution in [0.5, 0.6) is 5.75 Å². The predicted octanol–water partition coefficient (Wildman–Crippen LogP) is 5.33. The third-order valence-electron chi connectivity index (χ3n) is 7.27. The lowest BCUT2D eigenvalue weighted by Gasteiger charge is -2.32. The first-order chi connectivity index (χ1) is 16.9. The zero-order valence-electron chi connectivity index (χ0n) is 19.9. The number of pyridine rings is 1. The summed E-state index contributed by atoms with van der Waals surface area (Å²) in [5.41, 5.74) is 0.951. The van der Waals surface area contributed by atoms with Crippen molar-refractivity contribution in [1.29, 1.82) is 5.26 Å². The van der Waals surface area contributed by atoms with Gasteiger partial charge in [0, 0.05) is 23.7 Å². The molecule has 0 amide bonds. The van der Waals surface area contributed by atoms with Gasteiger partial charge in [-0.3, -0.25) is 9.69 Å². The molecule has 2 fully saturated rings. The Morgan fingerprint density at radius 2 is 1.78 bits per heavy atom. The van der Waals surface area contributed by atoms with Crippen molar-refractivity contribution in [1.82, 2.24) is 9.88 Å². The number of hydrogen-bond acceptors (Lipinski definition) is 5. The molecule has 2 aromatic carbocycles. The van der Waals surface area contributed by atoms with E-state index < -0.39 is 11.6 Å². The summed E-state index contributed by atoms with van der Waals surface area (Å²) < 4.78 is 34.0. The van der Waals surface area contributed by atoms with E-state index in [1.807, 2.05) is 6.07 Å². The average molecular weight is 513 g/mol. The molecule has 36 heavy (non-hydrogen) atoms. The first-order valence-electron chi connectivity index (χ1n) is 11.7. The van der Waals surface area contributed by atoms with E-state index in [9.17, 15) is 13.6 Å². The average Bonchev–Trinajstić information content (AvgIpc) is 3.43. The number of benzene rings is 2. The Morgan fingerprint density at radius 3 is 2.42 bits per heavy atom. The number of aromatic nitrogens is 1. The summed E-state index contributed by atoms with van der Waals surface area (Å²) in [4.78, 5) is 19.1. The van der Waals surface area contributed by atoms with Gasteiger partial charge < -0.3 is 15.0 Å². The molecule has 0 bridgehead atoms. The Labute approximate surface area is 214 Å². The van der Waals surface area contributed by atoms with Crippen molar-refractivity contribution in [2.24, 2.45) is 0 Å². The maximum absolute atomic E-state index is 14.5. The van der Waals surface area contributed by atoms with E-state index in [0.29, 0.717) is 29.2 Å². The largest absolute Gasteiger partial charge is 0.494 e. The molecule has 2 saturated heterocycles. The topological polar surface area (TPSA) is 81.2 Å². The van der Waals surface area contributed by atoms with Gasteiger partial charge in [0.2, 0.25) is 0 Å². The molecule has 6 nitrogen and oxygen atoms in total. The minimum absolute atomic E-state index is 0. The number of nitriles is 1.